The molecule has 0 unspecified atom stereocenters. The average molecular weight is 308 g/mol. The zero-order valence-corrected chi connectivity index (χ0v) is 13.8. The Hall–Kier alpha value is -2.69. The summed E-state index contributed by atoms with van der Waals surface area (Å²) in [4.78, 5) is 21.2. The molecule has 2 heterocycles. The lowest BCUT2D eigenvalue weighted by Crippen LogP contribution is -2.24. The monoisotopic (exact) mass is 308 g/mol. The summed E-state index contributed by atoms with van der Waals surface area (Å²) in [5.41, 5.74) is 4.50. The van der Waals surface area contributed by atoms with Crippen molar-refractivity contribution in [2.75, 3.05) is 0 Å². The molecule has 0 bridgehead atoms. The molecule has 0 aliphatic heterocycles. The molecule has 0 fully saturated rings. The molecule has 0 aliphatic rings. The van der Waals surface area contributed by atoms with Crippen LogP contribution in [-0.2, 0) is 13.6 Å². The smallest absolute Gasteiger partial charge is 0.251 e. The van der Waals surface area contributed by atoms with Gasteiger partial charge in [-0.2, -0.15) is 0 Å². The van der Waals surface area contributed by atoms with Crippen LogP contribution in [0.3, 0.4) is 0 Å². The quantitative estimate of drug-likeness (QED) is 0.809. The highest BCUT2D eigenvalue weighted by atomic mass is 16.1. The maximum Gasteiger partial charge on any atom is 0.251 e. The summed E-state index contributed by atoms with van der Waals surface area (Å²) in [6.07, 6.45) is 1.99. The summed E-state index contributed by atoms with van der Waals surface area (Å²) in [5.74, 6) is 0.664. The molecule has 1 N–H and O–H groups in total. The van der Waals surface area contributed by atoms with Crippen LogP contribution in [0.2, 0.25) is 0 Å². The summed E-state index contributed by atoms with van der Waals surface area (Å²) in [7, 11) is 1.97. The maximum atomic E-state index is 12.4. The highest BCUT2D eigenvalue weighted by Crippen LogP contribution is 2.17. The van der Waals surface area contributed by atoms with E-state index in [1.54, 1.807) is 0 Å². The van der Waals surface area contributed by atoms with Gasteiger partial charge in [-0.25, -0.2) is 9.97 Å². The molecule has 3 aromatic rings. The van der Waals surface area contributed by atoms with Gasteiger partial charge >= 0.3 is 0 Å². The topological polar surface area (TPSA) is 59.8 Å². The summed E-state index contributed by atoms with van der Waals surface area (Å²) in [6.45, 7) is 6.19. The first-order valence-electron chi connectivity index (χ1n) is 7.59. The number of hydrogen-bond acceptors (Lipinski definition) is 3. The van der Waals surface area contributed by atoms with Crippen LogP contribution in [0.4, 0.5) is 0 Å². The number of fused-ring (bicyclic) bond motifs is 1. The third kappa shape index (κ3) is 2.95. The van der Waals surface area contributed by atoms with Gasteiger partial charge in [-0.15, -0.1) is 0 Å². The SMILES string of the molecule is Cc1nc(C)c(CNC(=O)c2ccc3ccn(C)c3c2)c(C)n1. The van der Waals surface area contributed by atoms with Crippen molar-refractivity contribution in [2.24, 2.45) is 7.05 Å². The molecule has 5 heteroatoms. The van der Waals surface area contributed by atoms with Crippen LogP contribution < -0.4 is 5.32 Å². The highest BCUT2D eigenvalue weighted by Gasteiger charge is 2.11. The number of nitrogens with one attached hydrogen (secondary N) is 1. The molecule has 0 aliphatic carbocycles. The predicted octanol–water partition coefficient (Wildman–Crippen LogP) is 2.82. The lowest BCUT2D eigenvalue weighted by Gasteiger charge is -2.11. The molecule has 1 amide bonds. The molecule has 3 rings (SSSR count). The van der Waals surface area contributed by atoms with Crippen molar-refractivity contribution >= 4 is 16.8 Å². The Balaban J connectivity index is 1.80. The Morgan fingerprint density at radius 1 is 1.13 bits per heavy atom. The van der Waals surface area contributed by atoms with Gasteiger partial charge in [0.25, 0.3) is 5.91 Å². The average Bonchev–Trinajstić information content (AvgIpc) is 2.87. The van der Waals surface area contributed by atoms with Crippen LogP contribution in [0.25, 0.3) is 10.9 Å². The molecule has 0 atom stereocenters. The van der Waals surface area contributed by atoms with E-state index in [0.29, 0.717) is 12.1 Å². The number of carbonyl (C=O) groups excluding carboxylic acids is 1. The van der Waals surface area contributed by atoms with E-state index in [0.717, 1.165) is 33.7 Å². The molecule has 2 aromatic heterocycles. The van der Waals surface area contributed by atoms with E-state index >= 15 is 0 Å². The molecule has 23 heavy (non-hydrogen) atoms. The van der Waals surface area contributed by atoms with Crippen LogP contribution in [-0.4, -0.2) is 20.4 Å². The van der Waals surface area contributed by atoms with E-state index in [2.05, 4.69) is 15.3 Å². The molecule has 0 spiro atoms. The summed E-state index contributed by atoms with van der Waals surface area (Å²) in [5, 5.41) is 4.09. The maximum absolute atomic E-state index is 12.4. The molecule has 0 radical (unpaired) electrons. The summed E-state index contributed by atoms with van der Waals surface area (Å²) in [6, 6.07) is 7.77. The second-order valence-electron chi connectivity index (χ2n) is 5.80. The minimum absolute atomic E-state index is 0.0903. The number of hydrogen-bond donors (Lipinski definition) is 1. The normalized spacial score (nSPS) is 11.0. The Morgan fingerprint density at radius 3 is 2.52 bits per heavy atom. The number of amides is 1. The molecule has 1 aromatic carbocycles. The molecular weight excluding hydrogens is 288 g/mol. The van der Waals surface area contributed by atoms with E-state index in [-0.39, 0.29) is 5.91 Å². The van der Waals surface area contributed by atoms with Crippen molar-refractivity contribution < 1.29 is 4.79 Å². The van der Waals surface area contributed by atoms with Crippen molar-refractivity contribution in [3.63, 3.8) is 0 Å². The van der Waals surface area contributed by atoms with Crippen LogP contribution in [0.15, 0.2) is 30.5 Å². The first-order valence-corrected chi connectivity index (χ1v) is 7.59. The third-order valence-electron chi connectivity index (χ3n) is 4.11. The van der Waals surface area contributed by atoms with Gasteiger partial charge in [-0.1, -0.05) is 6.07 Å². The van der Waals surface area contributed by atoms with Gasteiger partial charge in [-0.05, 0) is 44.4 Å². The van der Waals surface area contributed by atoms with Crippen molar-refractivity contribution in [3.05, 3.63) is 58.8 Å². The predicted molar refractivity (Wildman–Crippen MR) is 90.3 cm³/mol. The molecular formula is C18H20N4O. The fraction of sp³-hybridized carbons (Fsp3) is 0.278. The van der Waals surface area contributed by atoms with E-state index in [9.17, 15) is 4.79 Å². The molecule has 0 saturated heterocycles. The largest absolute Gasteiger partial charge is 0.351 e. The Kier molecular flexibility index (Phi) is 3.86. The van der Waals surface area contributed by atoms with Gasteiger partial charge in [0.1, 0.15) is 5.82 Å². The van der Waals surface area contributed by atoms with Crippen molar-refractivity contribution in [1.29, 1.82) is 0 Å². The van der Waals surface area contributed by atoms with Gasteiger partial charge < -0.3 is 9.88 Å². The minimum Gasteiger partial charge on any atom is -0.351 e. The van der Waals surface area contributed by atoms with Gasteiger partial charge in [-0.3, -0.25) is 4.79 Å². The number of aryl methyl sites for hydroxylation is 4. The Morgan fingerprint density at radius 2 is 1.83 bits per heavy atom. The number of carbonyl (C=O) groups is 1. The fourth-order valence-corrected chi connectivity index (χ4v) is 2.84. The Bertz CT molecular complexity index is 872. The number of benzene rings is 1. The zero-order chi connectivity index (χ0) is 16.6. The van der Waals surface area contributed by atoms with Gasteiger partial charge in [0.15, 0.2) is 0 Å². The van der Waals surface area contributed by atoms with Gasteiger partial charge in [0.2, 0.25) is 0 Å². The number of rotatable bonds is 3. The van der Waals surface area contributed by atoms with E-state index in [4.69, 9.17) is 0 Å². The van der Waals surface area contributed by atoms with E-state index in [1.165, 1.54) is 0 Å². The zero-order valence-electron chi connectivity index (χ0n) is 13.8. The lowest BCUT2D eigenvalue weighted by atomic mass is 10.1. The van der Waals surface area contributed by atoms with Gasteiger partial charge in [0.05, 0.1) is 0 Å². The molecule has 0 saturated carbocycles. The van der Waals surface area contributed by atoms with Crippen LogP contribution in [0.1, 0.15) is 33.1 Å². The summed E-state index contributed by atoms with van der Waals surface area (Å²) >= 11 is 0. The number of nitrogens with zero attached hydrogens (tertiary/aromatic N) is 3. The van der Waals surface area contributed by atoms with Crippen molar-refractivity contribution in [2.45, 2.75) is 27.3 Å². The lowest BCUT2D eigenvalue weighted by molar-refractivity contribution is 0.0951. The number of aromatic nitrogens is 3. The van der Waals surface area contributed by atoms with E-state index in [1.807, 2.05) is 62.8 Å². The molecule has 118 valence electrons. The highest BCUT2D eigenvalue weighted by molar-refractivity contribution is 5.98. The van der Waals surface area contributed by atoms with Crippen molar-refractivity contribution in [3.8, 4) is 0 Å². The van der Waals surface area contributed by atoms with E-state index < -0.39 is 0 Å². The first-order chi connectivity index (χ1) is 11.0. The second-order valence-corrected chi connectivity index (χ2v) is 5.80. The van der Waals surface area contributed by atoms with Crippen molar-refractivity contribution in [1.82, 2.24) is 19.9 Å². The summed E-state index contributed by atoms with van der Waals surface area (Å²) < 4.78 is 2.01. The fourth-order valence-electron chi connectivity index (χ4n) is 2.84. The van der Waals surface area contributed by atoms with Crippen LogP contribution >= 0.6 is 0 Å². The standard InChI is InChI=1S/C18H20N4O/c1-11-16(12(2)21-13(3)20-11)10-19-18(23)15-6-5-14-7-8-22(4)17(14)9-15/h5-9H,10H2,1-4H3,(H,19,23). The third-order valence-corrected chi connectivity index (χ3v) is 4.11. The first kappa shape index (κ1) is 15.2. The Labute approximate surface area is 135 Å². The second kappa shape index (κ2) is 5.83. The molecule has 5 nitrogen and oxygen atoms in total. The van der Waals surface area contributed by atoms with Crippen LogP contribution in [0.5, 0.6) is 0 Å². The van der Waals surface area contributed by atoms with Gasteiger partial charge in [0, 0.05) is 47.8 Å². The minimum atomic E-state index is -0.0903. The van der Waals surface area contributed by atoms with Crippen LogP contribution in [0, 0.1) is 20.8 Å².